The van der Waals surface area contributed by atoms with Crippen LogP contribution in [0.4, 0.5) is 0 Å². The van der Waals surface area contributed by atoms with Gasteiger partial charge < -0.3 is 39.4 Å². The molecule has 0 aromatic rings. The summed E-state index contributed by atoms with van der Waals surface area (Å²) in [5.74, 6) is -2.28. The number of Topliss-reactive ketones (excluding diaryl/α,β-unsaturated/α-hetero) is 1. The van der Waals surface area contributed by atoms with Crippen LogP contribution >= 0.6 is 0 Å². The normalized spacial score (nSPS) is 44.3. The quantitative estimate of drug-likeness (QED) is 0.400. The third-order valence-electron chi connectivity index (χ3n) is 5.43. The van der Waals surface area contributed by atoms with Crippen LogP contribution in [-0.2, 0) is 28.5 Å². The molecule has 0 aromatic carbocycles. The van der Waals surface area contributed by atoms with Gasteiger partial charge in [0.2, 0.25) is 6.29 Å². The van der Waals surface area contributed by atoms with Gasteiger partial charge in [0.25, 0.3) is 0 Å². The SMILES string of the molecule is COC(=O)C1=COC(O[C@@H]2O[C@H](CO)[C@@H](O)[C@H](O)[C@H]2O)C2C(C)CC(=O)C12. The van der Waals surface area contributed by atoms with E-state index in [0.717, 1.165) is 6.26 Å². The lowest BCUT2D eigenvalue weighted by Crippen LogP contribution is -2.60. The Kier molecular flexibility index (Phi) is 5.84. The minimum Gasteiger partial charge on any atom is -0.472 e. The first-order valence-corrected chi connectivity index (χ1v) is 8.72. The minimum atomic E-state index is -1.59. The molecule has 3 aliphatic rings. The van der Waals surface area contributed by atoms with Crippen LogP contribution in [0, 0.1) is 17.8 Å². The summed E-state index contributed by atoms with van der Waals surface area (Å²) >= 11 is 0. The van der Waals surface area contributed by atoms with E-state index in [-0.39, 0.29) is 23.7 Å². The molecule has 9 atom stereocenters. The van der Waals surface area contributed by atoms with Crippen molar-refractivity contribution in [2.24, 2.45) is 17.8 Å². The Morgan fingerprint density at radius 2 is 1.93 bits per heavy atom. The van der Waals surface area contributed by atoms with Crippen molar-refractivity contribution in [3.05, 3.63) is 11.8 Å². The van der Waals surface area contributed by atoms with Gasteiger partial charge >= 0.3 is 5.97 Å². The van der Waals surface area contributed by atoms with E-state index in [9.17, 15) is 30.0 Å². The fraction of sp³-hybridized carbons (Fsp3) is 0.765. The fourth-order valence-electron chi connectivity index (χ4n) is 3.96. The summed E-state index contributed by atoms with van der Waals surface area (Å²) in [5.41, 5.74) is 0.102. The number of esters is 1. The molecule has 4 N–H and O–H groups in total. The van der Waals surface area contributed by atoms with Gasteiger partial charge in [-0.15, -0.1) is 0 Å². The predicted octanol–water partition coefficient (Wildman–Crippen LogP) is -1.94. The van der Waals surface area contributed by atoms with Crippen LogP contribution < -0.4 is 0 Å². The molecule has 10 nitrogen and oxygen atoms in total. The molecule has 10 heteroatoms. The van der Waals surface area contributed by atoms with Crippen molar-refractivity contribution in [2.75, 3.05) is 13.7 Å². The standard InChI is InChI=1S/C17H24O10/c1-6-3-8(19)11-7(15(23)24-2)5-25-16(10(6)11)27-17-14(22)13(21)12(20)9(4-18)26-17/h5-6,9-14,16-18,20-22H,3-4H2,1-2H3/t6?,9-,10?,11?,12-,13+,14-,16?,17+/m1/s1. The van der Waals surface area contributed by atoms with Crippen LogP contribution in [0.25, 0.3) is 0 Å². The van der Waals surface area contributed by atoms with Gasteiger partial charge in [-0.25, -0.2) is 4.79 Å². The molecule has 0 bridgehead atoms. The van der Waals surface area contributed by atoms with Crippen LogP contribution in [0.5, 0.6) is 0 Å². The molecule has 4 unspecified atom stereocenters. The maximum Gasteiger partial charge on any atom is 0.337 e. The van der Waals surface area contributed by atoms with E-state index in [1.165, 1.54) is 7.11 Å². The number of fused-ring (bicyclic) bond motifs is 1. The zero-order chi connectivity index (χ0) is 19.9. The number of hydrogen-bond acceptors (Lipinski definition) is 10. The molecule has 27 heavy (non-hydrogen) atoms. The fourth-order valence-corrected chi connectivity index (χ4v) is 3.96. The van der Waals surface area contributed by atoms with Gasteiger partial charge in [-0.05, 0) is 5.92 Å². The van der Waals surface area contributed by atoms with Gasteiger partial charge in [0.15, 0.2) is 6.29 Å². The van der Waals surface area contributed by atoms with Gasteiger partial charge in [0.05, 0.1) is 31.5 Å². The minimum absolute atomic E-state index is 0.102. The smallest absolute Gasteiger partial charge is 0.337 e. The third kappa shape index (κ3) is 3.48. The van der Waals surface area contributed by atoms with E-state index in [1.807, 2.05) is 6.92 Å². The van der Waals surface area contributed by atoms with Crippen LogP contribution in [0.15, 0.2) is 11.8 Å². The number of aliphatic hydroxyl groups is 4. The number of ketones is 1. The van der Waals surface area contributed by atoms with E-state index in [4.69, 9.17) is 18.9 Å². The third-order valence-corrected chi connectivity index (χ3v) is 5.43. The highest BCUT2D eigenvalue weighted by Crippen LogP contribution is 2.45. The Bertz CT molecular complexity index is 617. The summed E-state index contributed by atoms with van der Waals surface area (Å²) in [6, 6.07) is 0. The average molecular weight is 388 g/mol. The van der Waals surface area contributed by atoms with Crippen molar-refractivity contribution in [1.29, 1.82) is 0 Å². The van der Waals surface area contributed by atoms with E-state index >= 15 is 0 Å². The Morgan fingerprint density at radius 3 is 2.56 bits per heavy atom. The molecule has 2 fully saturated rings. The Morgan fingerprint density at radius 1 is 1.22 bits per heavy atom. The Labute approximate surface area is 155 Å². The molecule has 3 rings (SSSR count). The van der Waals surface area contributed by atoms with E-state index < -0.39 is 61.4 Å². The maximum atomic E-state index is 12.4. The Balaban J connectivity index is 1.82. The molecule has 0 aromatic heterocycles. The monoisotopic (exact) mass is 388 g/mol. The second-order valence-corrected chi connectivity index (χ2v) is 7.11. The molecule has 2 aliphatic heterocycles. The van der Waals surface area contributed by atoms with Gasteiger partial charge in [-0.1, -0.05) is 6.92 Å². The molecule has 2 heterocycles. The van der Waals surface area contributed by atoms with Crippen LogP contribution in [0.2, 0.25) is 0 Å². The van der Waals surface area contributed by atoms with E-state index in [1.54, 1.807) is 0 Å². The first kappa shape index (κ1) is 20.2. The summed E-state index contributed by atoms with van der Waals surface area (Å²) in [5, 5.41) is 39.1. The number of carbonyl (C=O) groups is 2. The molecule has 0 amide bonds. The largest absolute Gasteiger partial charge is 0.472 e. The predicted molar refractivity (Wildman–Crippen MR) is 85.6 cm³/mol. The molecule has 1 aliphatic carbocycles. The van der Waals surface area contributed by atoms with Gasteiger partial charge in [-0.2, -0.15) is 0 Å². The van der Waals surface area contributed by atoms with Gasteiger partial charge in [0.1, 0.15) is 30.2 Å². The highest BCUT2D eigenvalue weighted by Gasteiger charge is 2.54. The topological polar surface area (TPSA) is 152 Å². The number of aliphatic hydroxyl groups excluding tert-OH is 4. The highest BCUT2D eigenvalue weighted by atomic mass is 16.8. The second kappa shape index (κ2) is 7.82. The number of carbonyl (C=O) groups excluding carboxylic acids is 2. The average Bonchev–Trinajstić information content (AvgIpc) is 2.96. The van der Waals surface area contributed by atoms with Gasteiger partial charge in [-0.3, -0.25) is 4.79 Å². The summed E-state index contributed by atoms with van der Waals surface area (Å²) in [6.07, 6.45) is -6.93. The summed E-state index contributed by atoms with van der Waals surface area (Å²) < 4.78 is 21.2. The molecule has 0 radical (unpaired) electrons. The first-order valence-electron chi connectivity index (χ1n) is 8.72. The summed E-state index contributed by atoms with van der Waals surface area (Å²) in [7, 11) is 1.21. The lowest BCUT2D eigenvalue weighted by atomic mass is 9.83. The van der Waals surface area contributed by atoms with Crippen LogP contribution in [0.1, 0.15) is 13.3 Å². The number of methoxy groups -OCH3 is 1. The van der Waals surface area contributed by atoms with Crippen molar-refractivity contribution < 1.29 is 49.0 Å². The summed E-state index contributed by atoms with van der Waals surface area (Å²) in [6.45, 7) is 1.22. The Hall–Kier alpha value is -1.56. The number of rotatable bonds is 4. The van der Waals surface area contributed by atoms with Crippen LogP contribution in [0.3, 0.4) is 0 Å². The molecule has 152 valence electrons. The second-order valence-electron chi connectivity index (χ2n) is 7.11. The zero-order valence-electron chi connectivity index (χ0n) is 14.9. The molecular weight excluding hydrogens is 364 g/mol. The van der Waals surface area contributed by atoms with Crippen molar-refractivity contribution in [2.45, 2.75) is 50.3 Å². The molecule has 1 saturated carbocycles. The van der Waals surface area contributed by atoms with Crippen molar-refractivity contribution in [3.8, 4) is 0 Å². The summed E-state index contributed by atoms with van der Waals surface area (Å²) in [4.78, 5) is 24.4. The lowest BCUT2D eigenvalue weighted by Gasteiger charge is -2.42. The zero-order valence-corrected chi connectivity index (χ0v) is 14.9. The number of ether oxygens (including phenoxy) is 4. The van der Waals surface area contributed by atoms with E-state index in [0.29, 0.717) is 0 Å². The molecular formula is C17H24O10. The van der Waals surface area contributed by atoms with Gasteiger partial charge in [0, 0.05) is 12.3 Å². The highest BCUT2D eigenvalue weighted by molar-refractivity contribution is 5.99. The van der Waals surface area contributed by atoms with Crippen molar-refractivity contribution in [1.82, 2.24) is 0 Å². The van der Waals surface area contributed by atoms with E-state index in [2.05, 4.69) is 0 Å². The molecule has 0 spiro atoms. The van der Waals surface area contributed by atoms with Crippen LogP contribution in [-0.4, -0.2) is 82.9 Å². The molecule has 1 saturated heterocycles. The van der Waals surface area contributed by atoms with Crippen molar-refractivity contribution in [3.63, 3.8) is 0 Å². The maximum absolute atomic E-state index is 12.4. The van der Waals surface area contributed by atoms with Crippen molar-refractivity contribution >= 4 is 11.8 Å². The first-order chi connectivity index (χ1) is 12.8. The lowest BCUT2D eigenvalue weighted by molar-refractivity contribution is -0.342. The number of hydrogen-bond donors (Lipinski definition) is 4.